The molecule has 3 N–H and O–H groups in total. The summed E-state index contributed by atoms with van der Waals surface area (Å²) in [5.74, 6) is 2.82. The number of carbonyl (C=O) groups excluding carboxylic acids is 2. The Bertz CT molecular complexity index is 1510. The molecule has 8 nitrogen and oxygen atoms in total. The molecule has 10 heteroatoms. The number of hydrogen-bond donors (Lipinski definition) is 3. The van der Waals surface area contributed by atoms with Gasteiger partial charge in [0.05, 0.1) is 22.3 Å². The lowest BCUT2D eigenvalue weighted by molar-refractivity contribution is -0.118. The number of amides is 2. The van der Waals surface area contributed by atoms with E-state index in [1.807, 2.05) is 12.1 Å². The van der Waals surface area contributed by atoms with Crippen LogP contribution in [0.4, 0.5) is 5.69 Å². The number of carbonyl (C=O) groups is 2. The average Bonchev–Trinajstić information content (AvgIpc) is 2.98. The molecule has 224 valence electrons. The van der Waals surface area contributed by atoms with E-state index in [4.69, 9.17) is 9.47 Å². The van der Waals surface area contributed by atoms with Crippen LogP contribution in [0.1, 0.15) is 60.0 Å². The van der Waals surface area contributed by atoms with Gasteiger partial charge < -0.3 is 19.9 Å². The van der Waals surface area contributed by atoms with Gasteiger partial charge in [-0.05, 0) is 147 Å². The molecular formula is C33H33Br2N3O5. The van der Waals surface area contributed by atoms with E-state index < -0.39 is 5.91 Å². The van der Waals surface area contributed by atoms with Crippen molar-refractivity contribution in [3.05, 3.63) is 80.2 Å². The van der Waals surface area contributed by atoms with E-state index in [2.05, 4.69) is 59.8 Å². The molecule has 4 aliphatic carbocycles. The van der Waals surface area contributed by atoms with Crippen molar-refractivity contribution in [2.45, 2.75) is 43.9 Å². The second-order valence-corrected chi connectivity index (χ2v) is 13.7. The molecule has 0 heterocycles. The molecule has 43 heavy (non-hydrogen) atoms. The van der Waals surface area contributed by atoms with Crippen molar-refractivity contribution in [2.24, 2.45) is 22.9 Å². The van der Waals surface area contributed by atoms with E-state index in [0.717, 1.165) is 23.4 Å². The Balaban J connectivity index is 1.02. The molecule has 0 radical (unpaired) electrons. The number of hydrazone groups is 1. The molecular weight excluding hydrogens is 678 g/mol. The van der Waals surface area contributed by atoms with E-state index in [1.165, 1.54) is 69.5 Å². The first-order chi connectivity index (χ1) is 20.7. The second kappa shape index (κ2) is 12.3. The maximum atomic E-state index is 12.7. The van der Waals surface area contributed by atoms with Gasteiger partial charge in [0.15, 0.2) is 18.1 Å². The molecule has 0 saturated heterocycles. The Hall–Kier alpha value is -3.37. The van der Waals surface area contributed by atoms with Crippen LogP contribution in [-0.2, 0) is 10.2 Å². The van der Waals surface area contributed by atoms with Crippen LogP contribution in [0.2, 0.25) is 0 Å². The van der Waals surface area contributed by atoms with E-state index in [-0.39, 0.29) is 18.3 Å². The van der Waals surface area contributed by atoms with Gasteiger partial charge in [0.1, 0.15) is 5.75 Å². The lowest BCUT2D eigenvalue weighted by Gasteiger charge is -2.57. The van der Waals surface area contributed by atoms with Crippen LogP contribution >= 0.6 is 31.9 Å². The predicted molar refractivity (Wildman–Crippen MR) is 172 cm³/mol. The maximum absolute atomic E-state index is 12.7. The summed E-state index contributed by atoms with van der Waals surface area (Å²) in [4.78, 5) is 25.1. The Morgan fingerprint density at radius 3 is 2.19 bits per heavy atom. The number of aromatic hydroxyl groups is 1. The number of nitrogens with zero attached hydrogens (tertiary/aromatic N) is 1. The SMILES string of the molecule is COc1cc(/C=N\NC(=O)c2cc(Br)c(O)c(Br)c2)ccc1OCC(=O)Nc1ccc(C23CC4CC(CC(C4)C2)C3)cc1. The third kappa shape index (κ3) is 6.45. The zero-order valence-corrected chi connectivity index (χ0v) is 26.9. The molecule has 7 rings (SSSR count). The number of anilines is 1. The molecule has 0 aromatic heterocycles. The minimum atomic E-state index is -0.446. The van der Waals surface area contributed by atoms with Crippen LogP contribution in [0, 0.1) is 17.8 Å². The number of nitrogens with one attached hydrogen (secondary N) is 2. The van der Waals surface area contributed by atoms with E-state index >= 15 is 0 Å². The molecule has 3 aromatic carbocycles. The zero-order chi connectivity index (χ0) is 30.1. The first-order valence-corrected chi connectivity index (χ1v) is 16.0. The minimum absolute atomic E-state index is 0.00742. The number of benzene rings is 3. The molecule has 0 unspecified atom stereocenters. The highest BCUT2D eigenvalue weighted by Gasteiger charge is 2.51. The Kier molecular flexibility index (Phi) is 8.51. The first kappa shape index (κ1) is 29.7. The molecule has 4 saturated carbocycles. The quantitative estimate of drug-likeness (QED) is 0.161. The van der Waals surface area contributed by atoms with Crippen molar-refractivity contribution in [1.82, 2.24) is 5.43 Å². The van der Waals surface area contributed by atoms with E-state index in [9.17, 15) is 14.7 Å². The van der Waals surface area contributed by atoms with Crippen LogP contribution in [-0.4, -0.2) is 36.9 Å². The topological polar surface area (TPSA) is 109 Å². The highest BCUT2D eigenvalue weighted by atomic mass is 79.9. The van der Waals surface area contributed by atoms with Crippen LogP contribution in [0.25, 0.3) is 0 Å². The third-order valence-electron chi connectivity index (χ3n) is 9.02. The fraction of sp³-hybridized carbons (Fsp3) is 0.364. The predicted octanol–water partition coefficient (Wildman–Crippen LogP) is 7.18. The Morgan fingerprint density at radius 1 is 0.953 bits per heavy atom. The molecule has 3 aromatic rings. The van der Waals surface area contributed by atoms with Crippen LogP contribution in [0.15, 0.2) is 68.6 Å². The summed E-state index contributed by atoms with van der Waals surface area (Å²) in [6.07, 6.45) is 9.68. The summed E-state index contributed by atoms with van der Waals surface area (Å²) in [5, 5.41) is 16.8. The maximum Gasteiger partial charge on any atom is 0.271 e. The van der Waals surface area contributed by atoms with Gasteiger partial charge in [-0.25, -0.2) is 5.43 Å². The minimum Gasteiger partial charge on any atom is -0.506 e. The van der Waals surface area contributed by atoms with Gasteiger partial charge in [-0.1, -0.05) is 12.1 Å². The summed E-state index contributed by atoms with van der Waals surface area (Å²) < 4.78 is 12.0. The Morgan fingerprint density at radius 2 is 1.58 bits per heavy atom. The van der Waals surface area contributed by atoms with Gasteiger partial charge in [0.25, 0.3) is 11.8 Å². The van der Waals surface area contributed by atoms with Crippen molar-refractivity contribution in [3.8, 4) is 17.2 Å². The van der Waals surface area contributed by atoms with Gasteiger partial charge in [-0.2, -0.15) is 5.10 Å². The number of phenolic OH excluding ortho intramolecular Hbond substituents is 1. The lowest BCUT2D eigenvalue weighted by Crippen LogP contribution is -2.48. The number of rotatable bonds is 9. The average molecular weight is 711 g/mol. The van der Waals surface area contributed by atoms with Gasteiger partial charge in [0.2, 0.25) is 0 Å². The molecule has 4 fully saturated rings. The number of phenols is 1. The second-order valence-electron chi connectivity index (χ2n) is 12.0. The summed E-state index contributed by atoms with van der Waals surface area (Å²) in [7, 11) is 1.51. The lowest BCUT2D eigenvalue weighted by atomic mass is 9.48. The highest BCUT2D eigenvalue weighted by Crippen LogP contribution is 2.60. The smallest absolute Gasteiger partial charge is 0.271 e. The molecule has 0 aliphatic heterocycles. The van der Waals surface area contributed by atoms with Gasteiger partial charge >= 0.3 is 0 Å². The van der Waals surface area contributed by atoms with Crippen molar-refractivity contribution in [2.75, 3.05) is 19.0 Å². The van der Waals surface area contributed by atoms with Crippen LogP contribution in [0.5, 0.6) is 17.2 Å². The highest BCUT2D eigenvalue weighted by molar-refractivity contribution is 9.11. The zero-order valence-electron chi connectivity index (χ0n) is 23.7. The molecule has 0 spiro atoms. The number of methoxy groups -OCH3 is 1. The van der Waals surface area contributed by atoms with Gasteiger partial charge in [0, 0.05) is 11.3 Å². The number of ether oxygens (including phenoxy) is 2. The van der Waals surface area contributed by atoms with Crippen LogP contribution in [0.3, 0.4) is 0 Å². The normalized spacial score (nSPS) is 23.7. The fourth-order valence-corrected chi connectivity index (χ4v) is 8.71. The number of hydrogen-bond acceptors (Lipinski definition) is 6. The van der Waals surface area contributed by atoms with Crippen molar-refractivity contribution < 1.29 is 24.2 Å². The van der Waals surface area contributed by atoms with Crippen LogP contribution < -0.4 is 20.2 Å². The van der Waals surface area contributed by atoms with Crippen molar-refractivity contribution in [3.63, 3.8) is 0 Å². The number of halogens is 2. The summed E-state index contributed by atoms with van der Waals surface area (Å²) in [5.41, 5.74) is 5.94. The monoisotopic (exact) mass is 709 g/mol. The molecule has 2 amide bonds. The molecule has 4 bridgehead atoms. The van der Waals surface area contributed by atoms with E-state index in [0.29, 0.717) is 37.0 Å². The van der Waals surface area contributed by atoms with E-state index in [1.54, 1.807) is 18.2 Å². The summed E-state index contributed by atoms with van der Waals surface area (Å²) in [6.45, 7) is -0.172. The third-order valence-corrected chi connectivity index (χ3v) is 10.2. The fourth-order valence-electron chi connectivity index (χ4n) is 7.52. The standard InChI is InChI=1S/C33H33Br2N3O5/c1-42-29-11-19(17-36-38-32(41)23-12-26(34)31(40)27(35)13-23)2-7-28(29)43-18-30(39)37-25-5-3-24(4-6-25)33-14-20-8-21(15-33)10-22(9-20)16-33/h2-7,11-13,17,20-22,40H,8-10,14-16,18H2,1H3,(H,37,39)(H,38,41)/b36-17-. The Labute approximate surface area is 267 Å². The largest absolute Gasteiger partial charge is 0.506 e. The van der Waals surface area contributed by atoms with Gasteiger partial charge in [-0.3, -0.25) is 9.59 Å². The van der Waals surface area contributed by atoms with Gasteiger partial charge in [-0.15, -0.1) is 0 Å². The summed E-state index contributed by atoms with van der Waals surface area (Å²) in [6, 6.07) is 16.5. The molecule has 0 atom stereocenters. The van der Waals surface area contributed by atoms with Crippen molar-refractivity contribution >= 4 is 55.6 Å². The first-order valence-electron chi connectivity index (χ1n) is 14.4. The molecule has 4 aliphatic rings. The summed E-state index contributed by atoms with van der Waals surface area (Å²) >= 11 is 6.42. The van der Waals surface area contributed by atoms with Crippen molar-refractivity contribution in [1.29, 1.82) is 0 Å².